The van der Waals surface area contributed by atoms with E-state index in [1.807, 2.05) is 6.07 Å². The molecule has 4 nitrogen and oxygen atoms in total. The van der Waals surface area contributed by atoms with E-state index in [0.717, 1.165) is 5.69 Å². The van der Waals surface area contributed by atoms with Crippen molar-refractivity contribution in [2.24, 2.45) is 0 Å². The average molecular weight is 257 g/mol. The molecule has 1 saturated heterocycles. The van der Waals surface area contributed by atoms with Crippen LogP contribution >= 0.6 is 0 Å². The van der Waals surface area contributed by atoms with Crippen molar-refractivity contribution in [1.82, 2.24) is 5.32 Å². The molecular formula is C15H19N3O. The summed E-state index contributed by atoms with van der Waals surface area (Å²) in [4.78, 5) is 14.0. The molecule has 19 heavy (non-hydrogen) atoms. The van der Waals surface area contributed by atoms with Crippen molar-refractivity contribution in [2.45, 2.75) is 39.3 Å². The Labute approximate surface area is 114 Å². The van der Waals surface area contributed by atoms with Gasteiger partial charge < -0.3 is 10.2 Å². The Bertz CT molecular complexity index is 533. The zero-order valence-corrected chi connectivity index (χ0v) is 11.6. The molecule has 1 aliphatic heterocycles. The molecular weight excluding hydrogens is 238 g/mol. The van der Waals surface area contributed by atoms with Crippen molar-refractivity contribution >= 4 is 11.6 Å². The fourth-order valence-corrected chi connectivity index (χ4v) is 2.50. The number of nitrogens with one attached hydrogen (secondary N) is 1. The number of rotatable bonds is 2. The van der Waals surface area contributed by atoms with E-state index in [4.69, 9.17) is 5.26 Å². The molecule has 0 bridgehead atoms. The second-order valence-electron chi connectivity index (χ2n) is 5.15. The number of benzene rings is 1. The van der Waals surface area contributed by atoms with Crippen molar-refractivity contribution < 1.29 is 4.79 Å². The molecule has 1 fully saturated rings. The normalized spacial score (nSPS) is 22.8. The van der Waals surface area contributed by atoms with Crippen LogP contribution in [0.1, 0.15) is 24.5 Å². The van der Waals surface area contributed by atoms with Gasteiger partial charge in [-0.2, -0.15) is 5.26 Å². The smallest absolute Gasteiger partial charge is 0.243 e. The number of anilines is 1. The molecule has 4 heteroatoms. The third-order valence-electron chi connectivity index (χ3n) is 3.76. The minimum absolute atomic E-state index is 0.0575. The summed E-state index contributed by atoms with van der Waals surface area (Å²) in [6.45, 7) is 6.82. The number of nitriles is 1. The number of amides is 1. The fourth-order valence-electron chi connectivity index (χ4n) is 2.50. The van der Waals surface area contributed by atoms with Crippen LogP contribution in [0.2, 0.25) is 0 Å². The number of hydrogen-bond donors (Lipinski definition) is 1. The van der Waals surface area contributed by atoms with Crippen molar-refractivity contribution in [3.8, 4) is 6.07 Å². The first kappa shape index (κ1) is 13.4. The highest BCUT2D eigenvalue weighted by atomic mass is 16.2. The SMILES string of the molecule is Cc1ccc(N2C(C)CNC(=O)C2CC#N)cc1C. The van der Waals surface area contributed by atoms with E-state index in [1.54, 1.807) is 0 Å². The number of nitrogens with zero attached hydrogens (tertiary/aromatic N) is 2. The Hall–Kier alpha value is -2.02. The number of hydrogen-bond acceptors (Lipinski definition) is 3. The van der Waals surface area contributed by atoms with E-state index in [9.17, 15) is 4.79 Å². The lowest BCUT2D eigenvalue weighted by Crippen LogP contribution is -2.59. The van der Waals surface area contributed by atoms with Crippen molar-refractivity contribution in [2.75, 3.05) is 11.4 Å². The van der Waals surface area contributed by atoms with Crippen LogP contribution in [0, 0.1) is 25.2 Å². The molecule has 2 unspecified atom stereocenters. The Kier molecular flexibility index (Phi) is 3.75. The quantitative estimate of drug-likeness (QED) is 0.880. The van der Waals surface area contributed by atoms with Gasteiger partial charge in [0.25, 0.3) is 0 Å². The van der Waals surface area contributed by atoms with Gasteiger partial charge >= 0.3 is 0 Å². The molecule has 0 aliphatic carbocycles. The van der Waals surface area contributed by atoms with Crippen LogP contribution in [0.5, 0.6) is 0 Å². The van der Waals surface area contributed by atoms with Crippen molar-refractivity contribution in [3.63, 3.8) is 0 Å². The molecule has 0 radical (unpaired) electrons. The summed E-state index contributed by atoms with van der Waals surface area (Å²) in [5.41, 5.74) is 3.45. The summed E-state index contributed by atoms with van der Waals surface area (Å²) in [5, 5.41) is 11.8. The molecule has 0 aromatic heterocycles. The highest BCUT2D eigenvalue weighted by Crippen LogP contribution is 2.26. The average Bonchev–Trinajstić information content (AvgIpc) is 2.38. The first-order valence-corrected chi connectivity index (χ1v) is 6.55. The molecule has 0 spiro atoms. The second kappa shape index (κ2) is 5.31. The van der Waals surface area contributed by atoms with E-state index < -0.39 is 6.04 Å². The molecule has 1 aliphatic rings. The van der Waals surface area contributed by atoms with Crippen molar-refractivity contribution in [1.29, 1.82) is 5.26 Å². The van der Waals surface area contributed by atoms with Crippen LogP contribution in [0.25, 0.3) is 0 Å². The van der Waals surface area contributed by atoms with Gasteiger partial charge in [0.05, 0.1) is 12.5 Å². The first-order valence-electron chi connectivity index (χ1n) is 6.55. The summed E-state index contributed by atoms with van der Waals surface area (Å²) >= 11 is 0. The van der Waals surface area contributed by atoms with Crippen LogP contribution in [0.3, 0.4) is 0 Å². The maximum atomic E-state index is 12.0. The lowest BCUT2D eigenvalue weighted by atomic mass is 10.0. The summed E-state index contributed by atoms with van der Waals surface area (Å²) < 4.78 is 0. The molecule has 2 rings (SSSR count). The third kappa shape index (κ3) is 2.55. The van der Waals surface area contributed by atoms with Gasteiger partial charge in [-0.25, -0.2) is 0 Å². The maximum Gasteiger partial charge on any atom is 0.243 e. The molecule has 1 aromatic rings. The van der Waals surface area contributed by atoms with Crippen LogP contribution in [0.15, 0.2) is 18.2 Å². The minimum Gasteiger partial charge on any atom is -0.354 e. The predicted octanol–water partition coefficient (Wildman–Crippen LogP) is 1.91. The van der Waals surface area contributed by atoms with Crippen LogP contribution in [0.4, 0.5) is 5.69 Å². The molecule has 1 amide bonds. The summed E-state index contributed by atoms with van der Waals surface area (Å²) in [6, 6.07) is 8.10. The maximum absolute atomic E-state index is 12.0. The molecule has 0 saturated carbocycles. The molecule has 100 valence electrons. The van der Waals surface area contributed by atoms with Crippen LogP contribution < -0.4 is 10.2 Å². The van der Waals surface area contributed by atoms with Gasteiger partial charge in [0.15, 0.2) is 0 Å². The van der Waals surface area contributed by atoms with Crippen molar-refractivity contribution in [3.05, 3.63) is 29.3 Å². The largest absolute Gasteiger partial charge is 0.354 e. The third-order valence-corrected chi connectivity index (χ3v) is 3.76. The van der Waals surface area contributed by atoms with Gasteiger partial charge in [0, 0.05) is 18.3 Å². The standard InChI is InChI=1S/C15H19N3O/c1-10-4-5-13(8-11(10)2)18-12(3)9-17-15(19)14(18)6-7-16/h4-5,8,12,14H,6,9H2,1-3H3,(H,17,19). The monoisotopic (exact) mass is 257 g/mol. The van der Waals surface area contributed by atoms with E-state index in [-0.39, 0.29) is 18.4 Å². The Balaban J connectivity index is 2.39. The van der Waals surface area contributed by atoms with Gasteiger partial charge in [0.1, 0.15) is 6.04 Å². The molecule has 1 N–H and O–H groups in total. The highest BCUT2D eigenvalue weighted by molar-refractivity contribution is 5.87. The van der Waals surface area contributed by atoms with Gasteiger partial charge in [-0.05, 0) is 44.0 Å². The summed E-state index contributed by atoms with van der Waals surface area (Å²) in [7, 11) is 0. The Morgan fingerprint density at radius 2 is 2.16 bits per heavy atom. The number of aryl methyl sites for hydroxylation is 2. The molecule has 1 heterocycles. The van der Waals surface area contributed by atoms with Gasteiger partial charge in [-0.3, -0.25) is 4.79 Å². The number of carbonyl (C=O) groups is 1. The summed E-state index contributed by atoms with van der Waals surface area (Å²) in [6.07, 6.45) is 0.211. The van der Waals surface area contributed by atoms with E-state index in [0.29, 0.717) is 6.54 Å². The number of carbonyl (C=O) groups excluding carboxylic acids is 1. The van der Waals surface area contributed by atoms with E-state index in [2.05, 4.69) is 49.2 Å². The lowest BCUT2D eigenvalue weighted by molar-refractivity contribution is -0.123. The van der Waals surface area contributed by atoms with E-state index >= 15 is 0 Å². The lowest BCUT2D eigenvalue weighted by Gasteiger charge is -2.41. The van der Waals surface area contributed by atoms with E-state index in [1.165, 1.54) is 11.1 Å². The topological polar surface area (TPSA) is 56.1 Å². The molecule has 1 aromatic carbocycles. The minimum atomic E-state index is -0.393. The predicted molar refractivity (Wildman–Crippen MR) is 74.9 cm³/mol. The van der Waals surface area contributed by atoms with Gasteiger partial charge in [0.2, 0.25) is 5.91 Å². The van der Waals surface area contributed by atoms with Crippen LogP contribution in [-0.4, -0.2) is 24.5 Å². The number of piperazine rings is 1. The van der Waals surface area contributed by atoms with Crippen LogP contribution in [-0.2, 0) is 4.79 Å². The summed E-state index contributed by atoms with van der Waals surface area (Å²) in [5.74, 6) is -0.0575. The zero-order valence-electron chi connectivity index (χ0n) is 11.6. The van der Waals surface area contributed by atoms with Gasteiger partial charge in [-0.1, -0.05) is 6.07 Å². The second-order valence-corrected chi connectivity index (χ2v) is 5.15. The zero-order chi connectivity index (χ0) is 14.0. The Morgan fingerprint density at radius 3 is 2.79 bits per heavy atom. The highest BCUT2D eigenvalue weighted by Gasteiger charge is 2.34. The fraction of sp³-hybridized carbons (Fsp3) is 0.467. The Morgan fingerprint density at radius 1 is 1.42 bits per heavy atom. The first-order chi connectivity index (χ1) is 9.04. The molecule has 2 atom stereocenters. The van der Waals surface area contributed by atoms with Gasteiger partial charge in [-0.15, -0.1) is 0 Å².